The molecule has 0 bridgehead atoms. The van der Waals surface area contributed by atoms with Crippen molar-refractivity contribution in [2.75, 3.05) is 48.4 Å². The van der Waals surface area contributed by atoms with E-state index in [1.165, 1.54) is 17.8 Å². The Morgan fingerprint density at radius 3 is 2.61 bits per heavy atom. The SMILES string of the molecule is O=[N+]([O-])c1ccc(/C=C2\CNc3cnc(Nc4ccc(N5CCOCC5)cc4)nc3S2)cc1. The molecule has 1 saturated heterocycles. The Labute approximate surface area is 195 Å². The number of benzene rings is 2. The lowest BCUT2D eigenvalue weighted by Crippen LogP contribution is -2.36. The van der Waals surface area contributed by atoms with Gasteiger partial charge in [-0.2, -0.15) is 0 Å². The van der Waals surface area contributed by atoms with Crippen LogP contribution in [0.4, 0.5) is 28.7 Å². The molecule has 0 atom stereocenters. The summed E-state index contributed by atoms with van der Waals surface area (Å²) < 4.78 is 5.42. The Bertz CT molecular complexity index is 1180. The third-order valence-electron chi connectivity index (χ3n) is 5.37. The Kier molecular flexibility index (Phi) is 6.09. The lowest BCUT2D eigenvalue weighted by Gasteiger charge is -2.28. The summed E-state index contributed by atoms with van der Waals surface area (Å²) in [5, 5.41) is 18.3. The topological polar surface area (TPSA) is 105 Å². The summed E-state index contributed by atoms with van der Waals surface area (Å²) in [6.45, 7) is 3.97. The first-order chi connectivity index (χ1) is 16.1. The van der Waals surface area contributed by atoms with E-state index in [2.05, 4.69) is 37.6 Å². The highest BCUT2D eigenvalue weighted by Gasteiger charge is 2.17. The van der Waals surface area contributed by atoms with Gasteiger partial charge in [-0.15, -0.1) is 0 Å². The first-order valence-electron chi connectivity index (χ1n) is 10.6. The fourth-order valence-corrected chi connectivity index (χ4v) is 4.59. The highest BCUT2D eigenvalue weighted by atomic mass is 32.2. The molecule has 0 spiro atoms. The Balaban J connectivity index is 1.27. The van der Waals surface area contributed by atoms with Crippen LogP contribution in [-0.4, -0.2) is 47.7 Å². The minimum atomic E-state index is -0.397. The molecule has 2 aliphatic heterocycles. The minimum Gasteiger partial charge on any atom is -0.378 e. The maximum Gasteiger partial charge on any atom is 0.269 e. The van der Waals surface area contributed by atoms with Crippen LogP contribution in [-0.2, 0) is 4.74 Å². The molecule has 0 radical (unpaired) electrons. The molecule has 3 heterocycles. The molecule has 1 fully saturated rings. The summed E-state index contributed by atoms with van der Waals surface area (Å²) >= 11 is 1.56. The number of nitrogens with zero attached hydrogens (tertiary/aromatic N) is 4. The first-order valence-corrected chi connectivity index (χ1v) is 11.4. The number of anilines is 4. The van der Waals surface area contributed by atoms with Crippen LogP contribution in [0.15, 0.2) is 64.7 Å². The number of nitro benzene ring substituents is 1. The lowest BCUT2D eigenvalue weighted by molar-refractivity contribution is -0.384. The van der Waals surface area contributed by atoms with Gasteiger partial charge < -0.3 is 20.3 Å². The predicted octanol–water partition coefficient (Wildman–Crippen LogP) is 4.52. The number of fused-ring (bicyclic) bond motifs is 1. The van der Waals surface area contributed by atoms with Crippen molar-refractivity contribution < 1.29 is 9.66 Å². The second kappa shape index (κ2) is 9.47. The van der Waals surface area contributed by atoms with E-state index in [9.17, 15) is 10.1 Å². The van der Waals surface area contributed by atoms with Crippen molar-refractivity contribution in [2.45, 2.75) is 5.03 Å². The van der Waals surface area contributed by atoms with E-state index in [1.54, 1.807) is 30.1 Å². The van der Waals surface area contributed by atoms with Crippen LogP contribution in [0, 0.1) is 10.1 Å². The van der Waals surface area contributed by atoms with E-state index < -0.39 is 4.92 Å². The highest BCUT2D eigenvalue weighted by Crippen LogP contribution is 2.37. The summed E-state index contributed by atoms with van der Waals surface area (Å²) in [6.07, 6.45) is 3.78. The van der Waals surface area contributed by atoms with Crippen LogP contribution in [0.25, 0.3) is 6.08 Å². The average Bonchev–Trinajstić information content (AvgIpc) is 2.85. The van der Waals surface area contributed by atoms with Crippen molar-refractivity contribution in [2.24, 2.45) is 0 Å². The van der Waals surface area contributed by atoms with Crippen LogP contribution in [0.3, 0.4) is 0 Å². The summed E-state index contributed by atoms with van der Waals surface area (Å²) in [5.41, 5.74) is 3.96. The van der Waals surface area contributed by atoms with E-state index in [0.717, 1.165) is 53.2 Å². The molecule has 2 N–H and O–H groups in total. The summed E-state index contributed by atoms with van der Waals surface area (Å²) in [4.78, 5) is 22.9. The lowest BCUT2D eigenvalue weighted by atomic mass is 10.2. The molecule has 168 valence electrons. The van der Waals surface area contributed by atoms with Crippen molar-refractivity contribution >= 4 is 46.5 Å². The third-order valence-corrected chi connectivity index (χ3v) is 6.39. The van der Waals surface area contributed by atoms with Crippen LogP contribution >= 0.6 is 11.8 Å². The molecule has 0 unspecified atom stereocenters. The molecule has 3 aromatic rings. The zero-order chi connectivity index (χ0) is 22.6. The number of nitrogens with one attached hydrogen (secondary N) is 2. The normalized spacial score (nSPS) is 16.7. The van der Waals surface area contributed by atoms with E-state index in [4.69, 9.17) is 4.74 Å². The smallest absolute Gasteiger partial charge is 0.269 e. The number of non-ortho nitro benzene ring substituents is 1. The molecule has 33 heavy (non-hydrogen) atoms. The molecule has 0 saturated carbocycles. The number of hydrogen-bond acceptors (Lipinski definition) is 9. The molecule has 1 aromatic heterocycles. The van der Waals surface area contributed by atoms with Gasteiger partial charge >= 0.3 is 0 Å². The Morgan fingerprint density at radius 2 is 1.88 bits per heavy atom. The number of hydrogen-bond donors (Lipinski definition) is 2. The zero-order valence-electron chi connectivity index (χ0n) is 17.7. The van der Waals surface area contributed by atoms with Gasteiger partial charge in [0.15, 0.2) is 0 Å². The average molecular weight is 463 g/mol. The predicted molar refractivity (Wildman–Crippen MR) is 130 cm³/mol. The monoisotopic (exact) mass is 462 g/mol. The number of thioether (sulfide) groups is 1. The quantitative estimate of drug-likeness (QED) is 0.321. The number of nitro groups is 1. The summed E-state index contributed by atoms with van der Waals surface area (Å²) in [5.74, 6) is 0.527. The molecule has 5 rings (SSSR count). The molecule has 2 aliphatic rings. The first kappa shape index (κ1) is 21.2. The number of ether oxygens (including phenoxy) is 1. The van der Waals surface area contributed by atoms with Gasteiger partial charge in [-0.3, -0.25) is 10.1 Å². The molecule has 9 nitrogen and oxygen atoms in total. The fourth-order valence-electron chi connectivity index (χ4n) is 3.63. The maximum absolute atomic E-state index is 10.8. The van der Waals surface area contributed by atoms with Crippen molar-refractivity contribution in [3.05, 3.63) is 75.3 Å². The Morgan fingerprint density at radius 1 is 1.12 bits per heavy atom. The van der Waals surface area contributed by atoms with Gasteiger partial charge in [0.2, 0.25) is 5.95 Å². The standard InChI is InChI=1S/C23H22N6O3S/c30-29(31)19-5-1-16(2-6-19)13-20-14-24-21-15-25-23(27-22(21)33-20)26-17-3-7-18(8-4-17)28-9-11-32-12-10-28/h1-8,13,15,24H,9-12,14H2,(H,25,26,27)/b20-13+. The second-order valence-electron chi connectivity index (χ2n) is 7.60. The van der Waals surface area contributed by atoms with E-state index >= 15 is 0 Å². The maximum atomic E-state index is 10.8. The van der Waals surface area contributed by atoms with E-state index in [-0.39, 0.29) is 5.69 Å². The van der Waals surface area contributed by atoms with Crippen LogP contribution in [0.5, 0.6) is 0 Å². The highest BCUT2D eigenvalue weighted by molar-refractivity contribution is 8.03. The van der Waals surface area contributed by atoms with Gasteiger partial charge in [0.05, 0.1) is 30.0 Å². The van der Waals surface area contributed by atoms with Gasteiger partial charge in [0.25, 0.3) is 5.69 Å². The van der Waals surface area contributed by atoms with Crippen molar-refractivity contribution in [1.29, 1.82) is 0 Å². The number of aromatic nitrogens is 2. The van der Waals surface area contributed by atoms with Gasteiger partial charge in [-0.1, -0.05) is 11.8 Å². The zero-order valence-corrected chi connectivity index (χ0v) is 18.5. The Hall–Kier alpha value is -3.63. The van der Waals surface area contributed by atoms with Gasteiger partial charge in [-0.05, 0) is 48.0 Å². The molecule has 10 heteroatoms. The largest absolute Gasteiger partial charge is 0.378 e. The second-order valence-corrected chi connectivity index (χ2v) is 8.71. The van der Waals surface area contributed by atoms with Crippen LogP contribution < -0.4 is 15.5 Å². The van der Waals surface area contributed by atoms with Gasteiger partial charge in [-0.25, -0.2) is 9.97 Å². The third kappa shape index (κ3) is 5.07. The molecular weight excluding hydrogens is 440 g/mol. The molecule has 0 aliphatic carbocycles. The number of morpholine rings is 1. The van der Waals surface area contributed by atoms with Crippen molar-refractivity contribution in [3.63, 3.8) is 0 Å². The summed E-state index contributed by atoms with van der Waals surface area (Å²) in [7, 11) is 0. The van der Waals surface area contributed by atoms with Crippen molar-refractivity contribution in [3.8, 4) is 0 Å². The van der Waals surface area contributed by atoms with Gasteiger partial charge in [0.1, 0.15) is 5.03 Å². The van der Waals surface area contributed by atoms with Gasteiger partial charge in [0, 0.05) is 48.0 Å². The molecule has 2 aromatic carbocycles. The number of rotatable bonds is 5. The van der Waals surface area contributed by atoms with E-state index in [1.807, 2.05) is 18.2 Å². The van der Waals surface area contributed by atoms with Crippen molar-refractivity contribution in [1.82, 2.24) is 9.97 Å². The van der Waals surface area contributed by atoms with Crippen LogP contribution in [0.1, 0.15) is 5.56 Å². The fraction of sp³-hybridized carbons (Fsp3) is 0.217. The summed E-state index contributed by atoms with van der Waals surface area (Å²) in [6, 6.07) is 14.7. The van der Waals surface area contributed by atoms with E-state index in [0.29, 0.717) is 12.5 Å². The van der Waals surface area contributed by atoms with Crippen LogP contribution in [0.2, 0.25) is 0 Å². The molecular formula is C23H22N6O3S. The minimum absolute atomic E-state index is 0.0818. The molecule has 0 amide bonds.